The number of para-hydroxylation sites is 1. The van der Waals surface area contributed by atoms with Crippen LogP contribution in [0, 0.1) is 0 Å². The first-order valence-corrected chi connectivity index (χ1v) is 9.13. The van der Waals surface area contributed by atoms with E-state index in [4.69, 9.17) is 0 Å². The summed E-state index contributed by atoms with van der Waals surface area (Å²) in [5.74, 6) is -0.131. The summed E-state index contributed by atoms with van der Waals surface area (Å²) in [6.45, 7) is 2.63. The van der Waals surface area contributed by atoms with Gasteiger partial charge in [-0.2, -0.15) is 0 Å². The molecule has 5 heteroatoms. The van der Waals surface area contributed by atoms with Gasteiger partial charge in [-0.15, -0.1) is 11.8 Å². The van der Waals surface area contributed by atoms with E-state index in [1.54, 1.807) is 28.8 Å². The van der Waals surface area contributed by atoms with E-state index in [1.165, 1.54) is 0 Å². The summed E-state index contributed by atoms with van der Waals surface area (Å²) >= 11 is 1.62. The third kappa shape index (κ3) is 3.17. The van der Waals surface area contributed by atoms with Gasteiger partial charge in [0.25, 0.3) is 5.91 Å². The van der Waals surface area contributed by atoms with Gasteiger partial charge in [0, 0.05) is 17.0 Å². The predicted molar refractivity (Wildman–Crippen MR) is 97.5 cm³/mol. The molecule has 1 fully saturated rings. The number of rotatable bonds is 3. The lowest BCUT2D eigenvalue weighted by Crippen LogP contribution is -2.57. The minimum atomic E-state index is -0.0893. The van der Waals surface area contributed by atoms with Crippen LogP contribution in [0.3, 0.4) is 0 Å². The van der Waals surface area contributed by atoms with Crippen LogP contribution in [0.5, 0.6) is 0 Å². The van der Waals surface area contributed by atoms with E-state index in [9.17, 15) is 9.59 Å². The zero-order chi connectivity index (χ0) is 17.1. The lowest BCUT2D eigenvalue weighted by Gasteiger charge is -2.40. The van der Waals surface area contributed by atoms with E-state index in [1.807, 2.05) is 60.5 Å². The molecule has 2 aromatic carbocycles. The standard InChI is InChI=1S/C19H20N2O2S/c1-14-12-20(19(23)15-8-4-3-5-9-15)13-18(22)21(14)16-10-6-7-11-17(16)24-2/h3-11,14H,12-13H2,1-2H3/t14-/m0/s1. The van der Waals surface area contributed by atoms with Crippen LogP contribution in [0.4, 0.5) is 5.69 Å². The number of hydrogen-bond donors (Lipinski definition) is 0. The number of carbonyl (C=O) groups is 2. The second-order valence-corrected chi connectivity index (χ2v) is 6.68. The first-order valence-electron chi connectivity index (χ1n) is 7.91. The molecule has 0 unspecified atom stereocenters. The van der Waals surface area contributed by atoms with Gasteiger partial charge in [0.15, 0.2) is 0 Å². The summed E-state index contributed by atoms with van der Waals surface area (Å²) in [7, 11) is 0. The molecule has 0 N–H and O–H groups in total. The molecular weight excluding hydrogens is 320 g/mol. The molecule has 0 saturated carbocycles. The van der Waals surface area contributed by atoms with Crippen LogP contribution in [0.15, 0.2) is 59.5 Å². The molecule has 2 amide bonds. The normalized spacial score (nSPS) is 17.9. The molecule has 0 aromatic heterocycles. The van der Waals surface area contributed by atoms with Crippen LogP contribution < -0.4 is 4.90 Å². The van der Waals surface area contributed by atoms with Crippen molar-refractivity contribution in [3.05, 3.63) is 60.2 Å². The van der Waals surface area contributed by atoms with Gasteiger partial charge in [-0.25, -0.2) is 0 Å². The molecule has 0 aliphatic carbocycles. The molecule has 1 saturated heterocycles. The highest BCUT2D eigenvalue weighted by atomic mass is 32.2. The first-order chi connectivity index (χ1) is 11.6. The molecule has 1 aliphatic heterocycles. The number of piperazine rings is 1. The molecule has 2 aromatic rings. The van der Waals surface area contributed by atoms with E-state index in [2.05, 4.69) is 0 Å². The molecule has 1 atom stereocenters. The first kappa shape index (κ1) is 16.6. The van der Waals surface area contributed by atoms with Crippen LogP contribution in [0.25, 0.3) is 0 Å². The van der Waals surface area contributed by atoms with Crippen LogP contribution in [-0.4, -0.2) is 42.1 Å². The number of amides is 2. The lowest BCUT2D eigenvalue weighted by molar-refractivity contribution is -0.121. The number of hydrogen-bond acceptors (Lipinski definition) is 3. The van der Waals surface area contributed by atoms with Gasteiger partial charge in [-0.1, -0.05) is 30.3 Å². The summed E-state index contributed by atoms with van der Waals surface area (Å²) in [5.41, 5.74) is 1.55. The Kier molecular flexibility index (Phi) is 4.90. The highest BCUT2D eigenvalue weighted by molar-refractivity contribution is 7.98. The quantitative estimate of drug-likeness (QED) is 0.805. The second kappa shape index (κ2) is 7.09. The van der Waals surface area contributed by atoms with Gasteiger partial charge in [0.05, 0.1) is 11.7 Å². The number of benzene rings is 2. The van der Waals surface area contributed by atoms with Crippen molar-refractivity contribution in [2.45, 2.75) is 17.9 Å². The zero-order valence-corrected chi connectivity index (χ0v) is 14.6. The smallest absolute Gasteiger partial charge is 0.254 e. The van der Waals surface area contributed by atoms with E-state index < -0.39 is 0 Å². The third-order valence-corrected chi connectivity index (χ3v) is 4.96. The van der Waals surface area contributed by atoms with Gasteiger partial charge in [-0.3, -0.25) is 9.59 Å². The van der Waals surface area contributed by atoms with Gasteiger partial charge in [0.1, 0.15) is 6.54 Å². The summed E-state index contributed by atoms with van der Waals surface area (Å²) in [4.78, 5) is 29.9. The molecule has 1 aliphatic rings. The third-order valence-electron chi connectivity index (χ3n) is 4.17. The van der Waals surface area contributed by atoms with Crippen molar-refractivity contribution in [1.29, 1.82) is 0 Å². The Morgan fingerprint density at radius 3 is 2.42 bits per heavy atom. The summed E-state index contributed by atoms with van der Waals surface area (Å²) in [6, 6.07) is 17.0. The SMILES string of the molecule is CSc1ccccc1N1C(=O)CN(C(=O)c2ccccc2)C[C@@H]1C. The molecule has 0 radical (unpaired) electrons. The summed E-state index contributed by atoms with van der Waals surface area (Å²) in [5, 5.41) is 0. The Morgan fingerprint density at radius 2 is 1.75 bits per heavy atom. The second-order valence-electron chi connectivity index (χ2n) is 5.84. The van der Waals surface area contributed by atoms with E-state index in [-0.39, 0.29) is 24.4 Å². The van der Waals surface area contributed by atoms with E-state index in [0.29, 0.717) is 12.1 Å². The fourth-order valence-electron chi connectivity index (χ4n) is 3.07. The maximum absolute atomic E-state index is 12.7. The van der Waals surface area contributed by atoms with Crippen LogP contribution in [0.2, 0.25) is 0 Å². The Morgan fingerprint density at radius 1 is 1.08 bits per heavy atom. The van der Waals surface area contributed by atoms with E-state index >= 15 is 0 Å². The highest BCUT2D eigenvalue weighted by Gasteiger charge is 2.34. The Bertz CT molecular complexity index is 748. The van der Waals surface area contributed by atoms with Gasteiger partial charge >= 0.3 is 0 Å². The van der Waals surface area contributed by atoms with Crippen LogP contribution >= 0.6 is 11.8 Å². The molecule has 1 heterocycles. The van der Waals surface area contributed by atoms with Crippen LogP contribution in [-0.2, 0) is 4.79 Å². The molecule has 124 valence electrons. The highest BCUT2D eigenvalue weighted by Crippen LogP contribution is 2.31. The predicted octanol–water partition coefficient (Wildman–Crippen LogP) is 3.29. The van der Waals surface area contributed by atoms with Gasteiger partial charge in [-0.05, 0) is 37.4 Å². The van der Waals surface area contributed by atoms with Crippen molar-refractivity contribution in [1.82, 2.24) is 4.90 Å². The Balaban J connectivity index is 1.82. The molecular formula is C19H20N2O2S. The van der Waals surface area contributed by atoms with Crippen molar-refractivity contribution in [2.75, 3.05) is 24.2 Å². The van der Waals surface area contributed by atoms with Gasteiger partial charge in [0.2, 0.25) is 5.91 Å². The van der Waals surface area contributed by atoms with Crippen molar-refractivity contribution in [3.8, 4) is 0 Å². The van der Waals surface area contributed by atoms with Crippen molar-refractivity contribution < 1.29 is 9.59 Å². The van der Waals surface area contributed by atoms with Gasteiger partial charge < -0.3 is 9.80 Å². The molecule has 0 bridgehead atoms. The van der Waals surface area contributed by atoms with Crippen molar-refractivity contribution in [3.63, 3.8) is 0 Å². The monoisotopic (exact) mass is 340 g/mol. The number of thioether (sulfide) groups is 1. The zero-order valence-electron chi connectivity index (χ0n) is 13.8. The maximum atomic E-state index is 12.7. The largest absolute Gasteiger partial charge is 0.327 e. The average Bonchev–Trinajstić information content (AvgIpc) is 2.61. The number of nitrogens with zero attached hydrogens (tertiary/aromatic N) is 2. The number of anilines is 1. The molecule has 3 rings (SSSR count). The number of carbonyl (C=O) groups excluding carboxylic acids is 2. The van der Waals surface area contributed by atoms with E-state index in [0.717, 1.165) is 10.6 Å². The summed E-state index contributed by atoms with van der Waals surface area (Å²) in [6.07, 6.45) is 2.00. The fraction of sp³-hybridized carbons (Fsp3) is 0.263. The fourth-order valence-corrected chi connectivity index (χ4v) is 3.66. The van der Waals surface area contributed by atoms with Crippen molar-refractivity contribution >= 4 is 29.3 Å². The summed E-state index contributed by atoms with van der Waals surface area (Å²) < 4.78 is 0. The van der Waals surface area contributed by atoms with Crippen molar-refractivity contribution in [2.24, 2.45) is 0 Å². The average molecular weight is 340 g/mol. The topological polar surface area (TPSA) is 40.6 Å². The maximum Gasteiger partial charge on any atom is 0.254 e. The lowest BCUT2D eigenvalue weighted by atomic mass is 10.1. The molecule has 4 nitrogen and oxygen atoms in total. The molecule has 24 heavy (non-hydrogen) atoms. The van der Waals surface area contributed by atoms with Crippen LogP contribution in [0.1, 0.15) is 17.3 Å². The minimum absolute atomic E-state index is 0.0421. The Labute approximate surface area is 146 Å². The minimum Gasteiger partial charge on any atom is -0.327 e. The Hall–Kier alpha value is -2.27. The molecule has 0 spiro atoms.